The molecule has 1 aliphatic rings. The smallest absolute Gasteiger partial charge is 0.278 e. The number of rotatable bonds is 4. The van der Waals surface area contributed by atoms with Crippen molar-refractivity contribution in [2.24, 2.45) is 5.73 Å². The summed E-state index contributed by atoms with van der Waals surface area (Å²) >= 11 is 0. The molecule has 1 rings (SSSR count). The van der Waals surface area contributed by atoms with Gasteiger partial charge in [-0.2, -0.15) is 0 Å². The highest BCUT2D eigenvalue weighted by Crippen LogP contribution is 2.16. The summed E-state index contributed by atoms with van der Waals surface area (Å²) in [5.41, 5.74) is 8.61. The van der Waals surface area contributed by atoms with Gasteiger partial charge in [-0.05, 0) is 26.2 Å². The molecule has 0 saturated carbocycles. The average Bonchev–Trinajstić information content (AvgIpc) is 2.17. The van der Waals surface area contributed by atoms with Crippen LogP contribution >= 0.6 is 0 Å². The van der Waals surface area contributed by atoms with Crippen molar-refractivity contribution in [3.05, 3.63) is 22.1 Å². The number of nitrogens with two attached hydrogens (primary N) is 1. The Morgan fingerprint density at radius 1 is 1.53 bits per heavy atom. The number of hydrogen-bond donors (Lipinski definition) is 2. The van der Waals surface area contributed by atoms with Crippen LogP contribution in [0.1, 0.15) is 26.2 Å². The van der Waals surface area contributed by atoms with Gasteiger partial charge in [0.05, 0.1) is 11.5 Å². The zero-order valence-electron chi connectivity index (χ0n) is 9.11. The summed E-state index contributed by atoms with van der Waals surface area (Å²) in [5.74, 6) is 0.142. The van der Waals surface area contributed by atoms with Crippen molar-refractivity contribution >= 4 is 0 Å². The molecule has 86 valence electrons. The fourth-order valence-electron chi connectivity index (χ4n) is 2.04. The van der Waals surface area contributed by atoms with Crippen LogP contribution in [0.4, 0.5) is 0 Å². The standard InChI is InChI=1S/C9H19N4O2/c1-2-13(6-4-3-5-7-13)11-9(10)8-12(14)15/h8,11H,2-7,10H2,1H3/q+1/b9-8+. The van der Waals surface area contributed by atoms with Crippen molar-refractivity contribution in [1.29, 1.82) is 0 Å². The van der Waals surface area contributed by atoms with Gasteiger partial charge in [-0.1, -0.05) is 0 Å². The Morgan fingerprint density at radius 2 is 2.13 bits per heavy atom. The van der Waals surface area contributed by atoms with Crippen LogP contribution in [0.25, 0.3) is 0 Å². The van der Waals surface area contributed by atoms with E-state index in [2.05, 4.69) is 12.3 Å². The summed E-state index contributed by atoms with van der Waals surface area (Å²) in [6.45, 7) is 4.94. The minimum Gasteiger partial charge on any atom is -0.376 e. The summed E-state index contributed by atoms with van der Waals surface area (Å²) < 4.78 is 0.663. The predicted molar refractivity (Wildman–Crippen MR) is 56.8 cm³/mol. The van der Waals surface area contributed by atoms with Crippen LogP contribution in [0.15, 0.2) is 12.0 Å². The molecule has 0 atom stereocenters. The minimum absolute atomic E-state index is 0.142. The third-order valence-electron chi connectivity index (χ3n) is 2.89. The molecule has 15 heavy (non-hydrogen) atoms. The quantitative estimate of drug-likeness (QED) is 0.407. The van der Waals surface area contributed by atoms with Crippen LogP contribution in [0, 0.1) is 10.1 Å². The average molecular weight is 215 g/mol. The fraction of sp³-hybridized carbons (Fsp3) is 0.778. The summed E-state index contributed by atoms with van der Waals surface area (Å²) in [4.78, 5) is 9.72. The first-order valence-corrected chi connectivity index (χ1v) is 5.33. The summed E-state index contributed by atoms with van der Waals surface area (Å²) in [5, 5.41) is 10.2. The molecule has 1 aliphatic heterocycles. The van der Waals surface area contributed by atoms with Gasteiger partial charge in [0.25, 0.3) is 6.20 Å². The van der Waals surface area contributed by atoms with Gasteiger partial charge < -0.3 is 5.73 Å². The Morgan fingerprint density at radius 3 is 2.60 bits per heavy atom. The third-order valence-corrected chi connectivity index (χ3v) is 2.89. The van der Waals surface area contributed by atoms with E-state index in [1.54, 1.807) is 0 Å². The van der Waals surface area contributed by atoms with Crippen molar-refractivity contribution in [1.82, 2.24) is 5.43 Å². The summed E-state index contributed by atoms with van der Waals surface area (Å²) in [7, 11) is 0. The molecular formula is C9H19N4O2+. The number of quaternary nitrogens is 1. The Labute approximate surface area is 89.4 Å². The second-order valence-corrected chi connectivity index (χ2v) is 3.95. The first kappa shape index (κ1) is 11.8. The molecule has 0 aromatic rings. The van der Waals surface area contributed by atoms with Gasteiger partial charge in [-0.25, -0.2) is 10.0 Å². The Balaban J connectivity index is 2.62. The van der Waals surface area contributed by atoms with Crippen LogP contribution in [-0.2, 0) is 0 Å². The highest BCUT2D eigenvalue weighted by atomic mass is 16.6. The molecule has 6 nitrogen and oxygen atoms in total. The predicted octanol–water partition coefficient (Wildman–Crippen LogP) is 0.546. The van der Waals surface area contributed by atoms with E-state index in [0.717, 1.165) is 38.7 Å². The second kappa shape index (κ2) is 4.97. The summed E-state index contributed by atoms with van der Waals surface area (Å²) in [6, 6.07) is 0. The fourth-order valence-corrected chi connectivity index (χ4v) is 2.04. The lowest BCUT2D eigenvalue weighted by Gasteiger charge is -2.39. The maximum Gasteiger partial charge on any atom is 0.278 e. The molecule has 3 N–H and O–H groups in total. The van der Waals surface area contributed by atoms with E-state index < -0.39 is 4.92 Å². The van der Waals surface area contributed by atoms with Crippen molar-refractivity contribution in [3.63, 3.8) is 0 Å². The number of piperidine rings is 1. The van der Waals surface area contributed by atoms with E-state index in [1.165, 1.54) is 6.42 Å². The normalized spacial score (nSPS) is 21.0. The van der Waals surface area contributed by atoms with Gasteiger partial charge in [0, 0.05) is 0 Å². The summed E-state index contributed by atoms with van der Waals surface area (Å²) in [6.07, 6.45) is 4.35. The molecule has 0 aliphatic carbocycles. The molecule has 1 fully saturated rings. The molecule has 6 heteroatoms. The van der Waals surface area contributed by atoms with Crippen molar-refractivity contribution in [2.45, 2.75) is 26.2 Å². The highest BCUT2D eigenvalue weighted by molar-refractivity contribution is 4.83. The number of nitrogens with zero attached hydrogens (tertiary/aromatic N) is 2. The largest absolute Gasteiger partial charge is 0.376 e. The molecule has 0 bridgehead atoms. The number of nitrogens with one attached hydrogen (secondary N) is 1. The molecule has 1 saturated heterocycles. The topological polar surface area (TPSA) is 81.2 Å². The first-order valence-electron chi connectivity index (χ1n) is 5.33. The van der Waals surface area contributed by atoms with E-state index >= 15 is 0 Å². The van der Waals surface area contributed by atoms with Crippen LogP contribution < -0.4 is 11.2 Å². The van der Waals surface area contributed by atoms with Crippen LogP contribution in [0.5, 0.6) is 0 Å². The Bertz CT molecular complexity index is 259. The lowest BCUT2D eigenvalue weighted by Crippen LogP contribution is -2.61. The van der Waals surface area contributed by atoms with Crippen molar-refractivity contribution < 1.29 is 9.52 Å². The van der Waals surface area contributed by atoms with Crippen LogP contribution in [0.2, 0.25) is 0 Å². The lowest BCUT2D eigenvalue weighted by molar-refractivity contribution is -0.968. The molecule has 0 unspecified atom stereocenters. The molecule has 0 aromatic heterocycles. The van der Waals surface area contributed by atoms with Crippen LogP contribution in [-0.4, -0.2) is 29.1 Å². The van der Waals surface area contributed by atoms with Gasteiger partial charge in [0.15, 0.2) is 0 Å². The molecular weight excluding hydrogens is 196 g/mol. The zero-order chi connectivity index (χ0) is 11.3. The molecule has 0 aromatic carbocycles. The van der Waals surface area contributed by atoms with Crippen molar-refractivity contribution in [2.75, 3.05) is 19.6 Å². The molecule has 1 heterocycles. The lowest BCUT2D eigenvalue weighted by atomic mass is 10.1. The van der Waals surface area contributed by atoms with Crippen LogP contribution in [0.3, 0.4) is 0 Å². The highest BCUT2D eigenvalue weighted by Gasteiger charge is 2.29. The van der Waals surface area contributed by atoms with Gasteiger partial charge in [-0.15, -0.1) is 0 Å². The molecule has 0 amide bonds. The van der Waals surface area contributed by atoms with Crippen molar-refractivity contribution in [3.8, 4) is 0 Å². The number of likely N-dealkylation sites (tertiary alicyclic amines) is 1. The number of hydrogen-bond acceptors (Lipinski definition) is 4. The zero-order valence-corrected chi connectivity index (χ0v) is 9.11. The van der Waals surface area contributed by atoms with E-state index in [-0.39, 0.29) is 5.82 Å². The van der Waals surface area contributed by atoms with Gasteiger partial charge >= 0.3 is 0 Å². The van der Waals surface area contributed by atoms with Gasteiger partial charge in [0.2, 0.25) is 5.82 Å². The molecule has 0 spiro atoms. The van der Waals surface area contributed by atoms with E-state index in [0.29, 0.717) is 4.59 Å². The first-order chi connectivity index (χ1) is 7.08. The van der Waals surface area contributed by atoms with Gasteiger partial charge in [-0.3, -0.25) is 10.1 Å². The maximum absolute atomic E-state index is 10.2. The van der Waals surface area contributed by atoms with Gasteiger partial charge in [0.1, 0.15) is 13.1 Å². The minimum atomic E-state index is -0.529. The van der Waals surface area contributed by atoms with E-state index in [9.17, 15) is 10.1 Å². The maximum atomic E-state index is 10.2. The third kappa shape index (κ3) is 3.39. The second-order valence-electron chi connectivity index (χ2n) is 3.95. The number of nitro groups is 1. The van der Waals surface area contributed by atoms with E-state index in [4.69, 9.17) is 5.73 Å². The molecule has 0 radical (unpaired) electrons. The Kier molecular flexibility index (Phi) is 3.90. The Hall–Kier alpha value is -1.30. The monoisotopic (exact) mass is 215 g/mol. The van der Waals surface area contributed by atoms with E-state index in [1.807, 2.05) is 0 Å². The SMILES string of the molecule is CC[N+]1(N/C(N)=C/[N+](=O)[O-])CCCCC1.